The number of nitrogens with one attached hydrogen (secondary N) is 1. The number of hydrogen-bond donors (Lipinski definition) is 1. The van der Waals surface area contributed by atoms with Crippen LogP contribution in [0.3, 0.4) is 0 Å². The van der Waals surface area contributed by atoms with Gasteiger partial charge >= 0.3 is 12.3 Å². The van der Waals surface area contributed by atoms with E-state index in [1.807, 2.05) is 0 Å². The van der Waals surface area contributed by atoms with Gasteiger partial charge in [-0.05, 0) is 41.5 Å². The van der Waals surface area contributed by atoms with Crippen LogP contribution in [0.4, 0.5) is 18.9 Å². The Bertz CT molecular complexity index is 1370. The molecule has 4 rings (SSSR count). The molecule has 3 aromatic rings. The van der Waals surface area contributed by atoms with E-state index in [1.165, 1.54) is 31.4 Å². The maximum atomic E-state index is 13.2. The van der Waals surface area contributed by atoms with Gasteiger partial charge in [0.25, 0.3) is 5.91 Å². The Morgan fingerprint density at radius 3 is 2.29 bits per heavy atom. The molecule has 0 radical (unpaired) electrons. The van der Waals surface area contributed by atoms with E-state index in [9.17, 15) is 27.6 Å². The maximum Gasteiger partial charge on any atom is 0.573 e. The van der Waals surface area contributed by atoms with Crippen LogP contribution in [-0.4, -0.2) is 55.3 Å². The molecule has 1 aliphatic heterocycles. The maximum absolute atomic E-state index is 13.2. The van der Waals surface area contributed by atoms with Crippen molar-refractivity contribution < 1.29 is 41.8 Å². The molecule has 1 aliphatic rings. The summed E-state index contributed by atoms with van der Waals surface area (Å²) in [7, 11) is 1.29. The lowest BCUT2D eigenvalue weighted by Crippen LogP contribution is -2.41. The number of hydrogen-bond acceptors (Lipinski definition) is 6. The van der Waals surface area contributed by atoms with Gasteiger partial charge in [-0.2, -0.15) is 0 Å². The van der Waals surface area contributed by atoms with Gasteiger partial charge in [-0.25, -0.2) is 0 Å². The first-order valence-corrected chi connectivity index (χ1v) is 13.0. The number of likely N-dealkylation sites (tertiary alicyclic amines) is 1. The lowest BCUT2D eigenvalue weighted by molar-refractivity contribution is -0.274. The number of esters is 1. The molecule has 0 aromatic heterocycles. The number of halogens is 3. The van der Waals surface area contributed by atoms with Crippen LogP contribution in [0.1, 0.15) is 36.0 Å². The molecule has 1 heterocycles. The first kappa shape index (κ1) is 29.4. The van der Waals surface area contributed by atoms with Crippen molar-refractivity contribution in [2.75, 3.05) is 25.5 Å². The zero-order valence-electron chi connectivity index (χ0n) is 22.3. The number of nitrogens with zero attached hydrogens (tertiary/aromatic N) is 1. The third-order valence-corrected chi connectivity index (χ3v) is 6.53. The van der Waals surface area contributed by atoms with Crippen molar-refractivity contribution in [1.29, 1.82) is 0 Å². The molecule has 216 valence electrons. The molecule has 8 nitrogen and oxygen atoms in total. The summed E-state index contributed by atoms with van der Waals surface area (Å²) in [5, 5.41) is 2.86. The Morgan fingerprint density at radius 1 is 0.902 bits per heavy atom. The molecule has 1 saturated heterocycles. The summed E-state index contributed by atoms with van der Waals surface area (Å²) in [5.41, 5.74) is 1.94. The summed E-state index contributed by atoms with van der Waals surface area (Å²) < 4.78 is 52.1. The second-order valence-electron chi connectivity index (χ2n) is 9.37. The van der Waals surface area contributed by atoms with Crippen molar-refractivity contribution in [2.45, 2.75) is 38.1 Å². The van der Waals surface area contributed by atoms with Crippen LogP contribution < -0.4 is 14.8 Å². The van der Waals surface area contributed by atoms with Gasteiger partial charge in [0, 0.05) is 49.7 Å². The standard InChI is InChI=1S/C30H29F3N2O6/c1-39-28(37)14-13-27(36)35-17-15-22(16-18-35)40-24-6-4-5-21(19-24)34-29(38)26-8-3-2-7-25(26)20-9-11-23(12-10-20)41-30(31,32)33/h2-12,19,22H,13-18H2,1H3,(H,34,38). The average Bonchev–Trinajstić information content (AvgIpc) is 2.96. The van der Waals surface area contributed by atoms with Gasteiger partial charge in [0.15, 0.2) is 0 Å². The molecule has 0 unspecified atom stereocenters. The Hall–Kier alpha value is -4.54. The Balaban J connectivity index is 1.35. The molecule has 2 amide bonds. The summed E-state index contributed by atoms with van der Waals surface area (Å²) in [6.45, 7) is 1.03. The van der Waals surface area contributed by atoms with Gasteiger partial charge in [0.1, 0.15) is 17.6 Å². The molecular formula is C30H29F3N2O6. The smallest absolute Gasteiger partial charge is 0.490 e. The second kappa shape index (κ2) is 13.2. The highest BCUT2D eigenvalue weighted by Gasteiger charge is 2.31. The van der Waals surface area contributed by atoms with Crippen LogP contribution in [0, 0.1) is 0 Å². The fourth-order valence-electron chi connectivity index (χ4n) is 4.50. The molecular weight excluding hydrogens is 541 g/mol. The van der Waals surface area contributed by atoms with Crippen LogP contribution in [0.15, 0.2) is 72.8 Å². The number of alkyl halides is 3. The second-order valence-corrected chi connectivity index (χ2v) is 9.37. The van der Waals surface area contributed by atoms with Crippen LogP contribution in [0.25, 0.3) is 11.1 Å². The Morgan fingerprint density at radius 2 is 1.61 bits per heavy atom. The number of anilines is 1. The number of rotatable bonds is 9. The van der Waals surface area contributed by atoms with Gasteiger partial charge in [0.05, 0.1) is 13.5 Å². The topological polar surface area (TPSA) is 94.2 Å². The molecule has 0 atom stereocenters. The SMILES string of the molecule is COC(=O)CCC(=O)N1CCC(Oc2cccc(NC(=O)c3ccccc3-c3ccc(OC(F)(F)F)cc3)c2)CC1. The molecule has 3 aromatic carbocycles. The number of methoxy groups -OCH3 is 1. The van der Waals surface area contributed by atoms with E-state index in [0.29, 0.717) is 54.1 Å². The monoisotopic (exact) mass is 570 g/mol. The first-order valence-electron chi connectivity index (χ1n) is 13.0. The van der Waals surface area contributed by atoms with Crippen molar-refractivity contribution in [3.05, 3.63) is 78.4 Å². The van der Waals surface area contributed by atoms with Gasteiger partial charge in [-0.1, -0.05) is 36.4 Å². The number of piperidine rings is 1. The molecule has 0 spiro atoms. The van der Waals surface area contributed by atoms with E-state index in [1.54, 1.807) is 53.4 Å². The van der Waals surface area contributed by atoms with Crippen LogP contribution in [0.2, 0.25) is 0 Å². The fraction of sp³-hybridized carbons (Fsp3) is 0.300. The van der Waals surface area contributed by atoms with Gasteiger partial charge in [0.2, 0.25) is 5.91 Å². The molecule has 1 N–H and O–H groups in total. The van der Waals surface area contributed by atoms with E-state index in [4.69, 9.17) is 4.74 Å². The Kier molecular flexibility index (Phi) is 9.49. The highest BCUT2D eigenvalue weighted by atomic mass is 19.4. The van der Waals surface area contributed by atoms with E-state index in [0.717, 1.165) is 0 Å². The van der Waals surface area contributed by atoms with Crippen molar-refractivity contribution in [3.8, 4) is 22.6 Å². The summed E-state index contributed by atoms with van der Waals surface area (Å²) in [6, 6.07) is 19.0. The average molecular weight is 571 g/mol. The zero-order chi connectivity index (χ0) is 29.4. The minimum atomic E-state index is -4.79. The highest BCUT2D eigenvalue weighted by molar-refractivity contribution is 6.08. The highest BCUT2D eigenvalue weighted by Crippen LogP contribution is 2.29. The number of carbonyl (C=O) groups excluding carboxylic acids is 3. The van der Waals surface area contributed by atoms with E-state index in [2.05, 4.69) is 14.8 Å². The minimum absolute atomic E-state index is 0.0535. The summed E-state index contributed by atoms with van der Waals surface area (Å²) >= 11 is 0. The number of ether oxygens (including phenoxy) is 3. The summed E-state index contributed by atoms with van der Waals surface area (Å²) in [4.78, 5) is 38.5. The van der Waals surface area contributed by atoms with Crippen molar-refractivity contribution in [1.82, 2.24) is 4.90 Å². The van der Waals surface area contributed by atoms with E-state index >= 15 is 0 Å². The first-order chi connectivity index (χ1) is 19.6. The Labute approximate surface area is 235 Å². The largest absolute Gasteiger partial charge is 0.573 e. The molecule has 0 aliphatic carbocycles. The number of carbonyl (C=O) groups is 3. The van der Waals surface area contributed by atoms with Gasteiger partial charge in [-0.3, -0.25) is 14.4 Å². The summed E-state index contributed by atoms with van der Waals surface area (Å²) in [5.74, 6) is -0.695. The van der Waals surface area contributed by atoms with Crippen molar-refractivity contribution in [2.24, 2.45) is 0 Å². The van der Waals surface area contributed by atoms with E-state index < -0.39 is 18.2 Å². The minimum Gasteiger partial charge on any atom is -0.490 e. The molecule has 11 heteroatoms. The quantitative estimate of drug-likeness (QED) is 0.326. The zero-order valence-corrected chi connectivity index (χ0v) is 22.3. The van der Waals surface area contributed by atoms with Gasteiger partial charge in [-0.15, -0.1) is 13.2 Å². The van der Waals surface area contributed by atoms with Crippen molar-refractivity contribution in [3.63, 3.8) is 0 Å². The molecule has 1 fully saturated rings. The summed E-state index contributed by atoms with van der Waals surface area (Å²) in [6.07, 6.45) is -3.49. The predicted molar refractivity (Wildman–Crippen MR) is 144 cm³/mol. The van der Waals surface area contributed by atoms with Crippen LogP contribution in [-0.2, 0) is 14.3 Å². The van der Waals surface area contributed by atoms with Crippen LogP contribution in [0.5, 0.6) is 11.5 Å². The predicted octanol–water partition coefficient (Wildman–Crippen LogP) is 5.83. The van der Waals surface area contributed by atoms with Crippen molar-refractivity contribution >= 4 is 23.5 Å². The molecule has 0 bridgehead atoms. The van der Waals surface area contributed by atoms with Crippen LogP contribution >= 0.6 is 0 Å². The number of benzene rings is 3. The third-order valence-electron chi connectivity index (χ3n) is 6.53. The third kappa shape index (κ3) is 8.47. The molecule has 0 saturated carbocycles. The fourth-order valence-corrected chi connectivity index (χ4v) is 4.50. The lowest BCUT2D eigenvalue weighted by atomic mass is 9.99. The number of amides is 2. The van der Waals surface area contributed by atoms with Gasteiger partial charge < -0.3 is 24.4 Å². The normalized spacial score (nSPS) is 13.8. The lowest BCUT2D eigenvalue weighted by Gasteiger charge is -2.32. The van der Waals surface area contributed by atoms with E-state index in [-0.39, 0.29) is 30.6 Å². The molecule has 41 heavy (non-hydrogen) atoms.